The molecule has 3 aliphatic rings. The molecule has 0 aromatic rings. The molecule has 0 unspecified atom stereocenters. The van der Waals surface area contributed by atoms with E-state index < -0.39 is 116 Å². The zero-order chi connectivity index (χ0) is 57.6. The van der Waals surface area contributed by atoms with Gasteiger partial charge in [-0.2, -0.15) is 0 Å². The summed E-state index contributed by atoms with van der Waals surface area (Å²) in [5.74, 6) is -2.11. The zero-order valence-corrected chi connectivity index (χ0v) is 48.0. The van der Waals surface area contributed by atoms with Gasteiger partial charge < -0.3 is 78.0 Å². The van der Waals surface area contributed by atoms with Crippen LogP contribution in [0.2, 0.25) is 0 Å². The van der Waals surface area contributed by atoms with Crippen molar-refractivity contribution < 1.29 is 96.6 Å². The molecule has 0 radical (unpaired) electrons. The molecule has 78 heavy (non-hydrogen) atoms. The largest absolute Gasteiger partial charge is 0.460 e. The third-order valence-corrected chi connectivity index (χ3v) is 14.0. The Balaban J connectivity index is 1.40. The molecule has 0 aromatic heterocycles. The number of hydrogen-bond acceptors (Lipinski definition) is 21. The number of Topliss-reactive ketones (excluding diaryl/α,β-unsaturated/α-hetero) is 1. The average Bonchev–Trinajstić information content (AvgIpc) is 3.40. The van der Waals surface area contributed by atoms with Crippen LogP contribution in [0.5, 0.6) is 0 Å². The van der Waals surface area contributed by atoms with Crippen molar-refractivity contribution in [3.63, 3.8) is 0 Å². The van der Waals surface area contributed by atoms with Crippen molar-refractivity contribution >= 4 is 35.6 Å². The second kappa shape index (κ2) is 38.3. The van der Waals surface area contributed by atoms with Gasteiger partial charge in [0, 0.05) is 53.5 Å². The standard InChI is InChI=1S/C56H98N2O20/c1-36(2)29-30-44(43(72-37(3)59)27-21-17-14-16-20-26-41(63)25-19-15-12-10-9-11-13-18-22-28-47(65)57-31-23-24-32-58(7)8)76-54-49(67)48(66)45(34-70-54)77-55-50(68)51(42(64)33-69-55)78-56-53(75-40(6)62)52(74-39(5)61)46(35-71-56)73-38(4)60/h36,42-46,48-56,64,66-68H,9-35H2,1-8H3,(H,57,65)/t42-,43+,44-,45-,46-,48-,49+,50+,51-,52-,53+,54-,55-,56-/m0/s1. The van der Waals surface area contributed by atoms with Crippen molar-refractivity contribution in [2.45, 2.75) is 269 Å². The number of ketones is 1. The second-order valence-corrected chi connectivity index (χ2v) is 21.9. The van der Waals surface area contributed by atoms with E-state index in [1.54, 1.807) is 0 Å². The summed E-state index contributed by atoms with van der Waals surface area (Å²) in [6, 6.07) is 0. The number of amides is 1. The highest BCUT2D eigenvalue weighted by Gasteiger charge is 2.52. The minimum Gasteiger partial charge on any atom is -0.460 e. The molecule has 0 aromatic carbocycles. The molecular formula is C56H98N2O20. The highest BCUT2D eigenvalue weighted by Crippen LogP contribution is 2.32. The quantitative estimate of drug-likeness (QED) is 0.0312. The van der Waals surface area contributed by atoms with E-state index >= 15 is 0 Å². The lowest BCUT2D eigenvalue weighted by Gasteiger charge is -2.45. The Hall–Kier alpha value is -3.42. The first-order valence-corrected chi connectivity index (χ1v) is 28.8. The summed E-state index contributed by atoms with van der Waals surface area (Å²) < 4.78 is 57.2. The van der Waals surface area contributed by atoms with Gasteiger partial charge in [-0.3, -0.25) is 28.8 Å². The zero-order valence-electron chi connectivity index (χ0n) is 48.0. The van der Waals surface area contributed by atoms with Gasteiger partial charge in [-0.25, -0.2) is 0 Å². The number of aliphatic hydroxyl groups excluding tert-OH is 4. The Morgan fingerprint density at radius 1 is 0.513 bits per heavy atom. The predicted molar refractivity (Wildman–Crippen MR) is 283 cm³/mol. The van der Waals surface area contributed by atoms with E-state index in [-0.39, 0.29) is 25.0 Å². The molecule has 5 N–H and O–H groups in total. The summed E-state index contributed by atoms with van der Waals surface area (Å²) in [6.45, 7) is 9.37. The highest BCUT2D eigenvalue weighted by molar-refractivity contribution is 5.78. The maximum absolute atomic E-state index is 12.6. The summed E-state index contributed by atoms with van der Waals surface area (Å²) in [6.07, 6.45) is 0.255. The highest BCUT2D eigenvalue weighted by atomic mass is 16.8. The lowest BCUT2D eigenvalue weighted by atomic mass is 9.97. The van der Waals surface area contributed by atoms with Gasteiger partial charge in [-0.05, 0) is 84.3 Å². The lowest BCUT2D eigenvalue weighted by Crippen LogP contribution is -2.63. The van der Waals surface area contributed by atoms with Crippen molar-refractivity contribution in [3.05, 3.63) is 0 Å². The van der Waals surface area contributed by atoms with Crippen molar-refractivity contribution in [1.82, 2.24) is 10.2 Å². The number of nitrogens with zero attached hydrogens (tertiary/aromatic N) is 1. The monoisotopic (exact) mass is 1120 g/mol. The van der Waals surface area contributed by atoms with Crippen LogP contribution in [0, 0.1) is 5.92 Å². The summed E-state index contributed by atoms with van der Waals surface area (Å²) in [4.78, 5) is 75.2. The topological polar surface area (TPSA) is 291 Å². The van der Waals surface area contributed by atoms with Crippen LogP contribution in [0.15, 0.2) is 0 Å². The van der Waals surface area contributed by atoms with Crippen LogP contribution in [0.1, 0.15) is 183 Å². The molecule has 22 heteroatoms. The molecular weight excluding hydrogens is 1020 g/mol. The Morgan fingerprint density at radius 2 is 1.05 bits per heavy atom. The van der Waals surface area contributed by atoms with Gasteiger partial charge >= 0.3 is 23.9 Å². The van der Waals surface area contributed by atoms with Gasteiger partial charge in [0.2, 0.25) is 5.91 Å². The van der Waals surface area contributed by atoms with Gasteiger partial charge in [0.05, 0.1) is 25.9 Å². The first-order chi connectivity index (χ1) is 37.2. The molecule has 3 heterocycles. The normalized spacial score (nSPS) is 27.2. The van der Waals surface area contributed by atoms with Crippen LogP contribution in [0.25, 0.3) is 0 Å². The fourth-order valence-corrected chi connectivity index (χ4v) is 9.80. The van der Waals surface area contributed by atoms with E-state index in [4.69, 9.17) is 47.4 Å². The molecule has 1 amide bonds. The number of hydrogen-bond donors (Lipinski definition) is 5. The Kier molecular flexibility index (Phi) is 33.8. The summed E-state index contributed by atoms with van der Waals surface area (Å²) in [7, 11) is 4.12. The molecule has 14 atom stereocenters. The van der Waals surface area contributed by atoms with Gasteiger partial charge in [-0.15, -0.1) is 0 Å². The minimum absolute atomic E-state index is 0.161. The van der Waals surface area contributed by atoms with E-state index in [1.807, 2.05) is 13.8 Å². The van der Waals surface area contributed by atoms with Crippen LogP contribution in [-0.2, 0) is 76.1 Å². The molecule has 0 bridgehead atoms. The van der Waals surface area contributed by atoms with E-state index in [1.165, 1.54) is 26.2 Å². The second-order valence-electron chi connectivity index (χ2n) is 21.9. The Morgan fingerprint density at radius 3 is 1.63 bits per heavy atom. The van der Waals surface area contributed by atoms with Crippen molar-refractivity contribution in [2.75, 3.05) is 47.0 Å². The number of aliphatic hydroxyl groups is 4. The van der Waals surface area contributed by atoms with Gasteiger partial charge in [0.25, 0.3) is 0 Å². The number of rotatable bonds is 39. The summed E-state index contributed by atoms with van der Waals surface area (Å²) in [5.41, 5.74) is 0. The fourth-order valence-electron chi connectivity index (χ4n) is 9.80. The van der Waals surface area contributed by atoms with E-state index in [0.29, 0.717) is 44.3 Å². The van der Waals surface area contributed by atoms with Crippen LogP contribution in [-0.4, -0.2) is 194 Å². The Bertz CT molecular complexity index is 1740. The maximum atomic E-state index is 12.6. The van der Waals surface area contributed by atoms with Crippen LogP contribution < -0.4 is 5.32 Å². The number of unbranched alkanes of at least 4 members (excludes halogenated alkanes) is 13. The van der Waals surface area contributed by atoms with Crippen LogP contribution in [0.4, 0.5) is 0 Å². The summed E-state index contributed by atoms with van der Waals surface area (Å²) >= 11 is 0. The van der Waals surface area contributed by atoms with E-state index in [9.17, 15) is 49.2 Å². The fraction of sp³-hybridized carbons (Fsp3) is 0.893. The third-order valence-electron chi connectivity index (χ3n) is 14.0. The summed E-state index contributed by atoms with van der Waals surface area (Å²) in [5, 5.41) is 48.0. The molecule has 3 aliphatic heterocycles. The molecule has 452 valence electrons. The Labute approximate surface area is 462 Å². The van der Waals surface area contributed by atoms with Gasteiger partial charge in [0.15, 0.2) is 37.2 Å². The average molecular weight is 1120 g/mol. The molecule has 22 nitrogen and oxygen atoms in total. The van der Waals surface area contributed by atoms with Gasteiger partial charge in [0.1, 0.15) is 48.5 Å². The number of carbonyl (C=O) groups excluding carboxylic acids is 6. The molecule has 3 rings (SSSR count). The van der Waals surface area contributed by atoms with Crippen LogP contribution >= 0.6 is 0 Å². The SMILES string of the molecule is CC(=O)O[C@@H]1[C@@H](OC(C)=O)[C@H](O[C@@H]2[C@@H](O)[C@H](O[C@H]3CO[C@@H](O[C@@H](CCC(C)C)[C@@H](CCCCCCCC(=O)CCCCCCCCCCCC(=O)NCCCCN(C)C)OC(C)=O)[C@H](O)[C@H]3O)OC[C@@H]2O)OC[C@@H]1OC(C)=O. The minimum atomic E-state index is -1.77. The molecule has 0 saturated carbocycles. The number of nitrogens with one attached hydrogen (secondary N) is 1. The van der Waals surface area contributed by atoms with Gasteiger partial charge in [-0.1, -0.05) is 78.1 Å². The first-order valence-electron chi connectivity index (χ1n) is 28.8. The lowest BCUT2D eigenvalue weighted by molar-refractivity contribution is -0.356. The number of ether oxygens (including phenoxy) is 10. The number of esters is 4. The molecule has 3 fully saturated rings. The number of carbonyl (C=O) groups is 6. The maximum Gasteiger partial charge on any atom is 0.303 e. The first kappa shape index (κ1) is 68.9. The van der Waals surface area contributed by atoms with Crippen molar-refractivity contribution in [1.29, 1.82) is 0 Å². The van der Waals surface area contributed by atoms with E-state index in [0.717, 1.165) is 117 Å². The third kappa shape index (κ3) is 27.4. The molecule has 0 aliphatic carbocycles. The molecule has 3 saturated heterocycles. The van der Waals surface area contributed by atoms with E-state index in [2.05, 4.69) is 24.3 Å². The van der Waals surface area contributed by atoms with Crippen LogP contribution in [0.3, 0.4) is 0 Å². The van der Waals surface area contributed by atoms with Crippen molar-refractivity contribution in [3.8, 4) is 0 Å². The smallest absolute Gasteiger partial charge is 0.303 e. The van der Waals surface area contributed by atoms with Crippen molar-refractivity contribution in [2.24, 2.45) is 5.92 Å². The molecule has 0 spiro atoms. The predicted octanol–water partition coefficient (Wildman–Crippen LogP) is 4.87.